The fraction of sp³-hybridized carbons (Fsp3) is 0.214. The Bertz CT molecular complexity index is 541. The minimum atomic E-state index is 0.667. The third-order valence-corrected chi connectivity index (χ3v) is 2.81. The zero-order valence-corrected chi connectivity index (χ0v) is 10.5. The molecule has 0 spiro atoms. The van der Waals surface area contributed by atoms with Crippen molar-refractivity contribution in [3.63, 3.8) is 0 Å². The van der Waals surface area contributed by atoms with Crippen LogP contribution >= 0.6 is 0 Å². The van der Waals surface area contributed by atoms with Crippen LogP contribution in [0.15, 0.2) is 36.7 Å². The standard InChI is InChI=1S/C14H16N2O2/c1-17-12-3-4-14(18-2)10(8-12)7-11-9-16-6-5-13(11)15/h3-6,8-9H,7H2,1-2H3,(H2,15,16). The van der Waals surface area contributed by atoms with Gasteiger partial charge in [-0.15, -0.1) is 0 Å². The van der Waals surface area contributed by atoms with E-state index < -0.39 is 0 Å². The van der Waals surface area contributed by atoms with Crippen LogP contribution in [0.5, 0.6) is 11.5 Å². The molecule has 94 valence electrons. The van der Waals surface area contributed by atoms with Gasteiger partial charge in [-0.05, 0) is 29.8 Å². The van der Waals surface area contributed by atoms with Crippen molar-refractivity contribution in [3.8, 4) is 11.5 Å². The Kier molecular flexibility index (Phi) is 3.67. The fourth-order valence-corrected chi connectivity index (χ4v) is 1.81. The summed E-state index contributed by atoms with van der Waals surface area (Å²) in [5.41, 5.74) is 8.65. The molecule has 0 radical (unpaired) electrons. The Morgan fingerprint density at radius 2 is 1.94 bits per heavy atom. The maximum atomic E-state index is 5.92. The van der Waals surface area contributed by atoms with Crippen molar-refractivity contribution < 1.29 is 9.47 Å². The van der Waals surface area contributed by atoms with Crippen molar-refractivity contribution in [1.29, 1.82) is 0 Å². The molecule has 2 rings (SSSR count). The summed E-state index contributed by atoms with van der Waals surface area (Å²) in [6.45, 7) is 0. The van der Waals surface area contributed by atoms with Gasteiger partial charge in [0.1, 0.15) is 11.5 Å². The van der Waals surface area contributed by atoms with Crippen LogP contribution in [0.2, 0.25) is 0 Å². The van der Waals surface area contributed by atoms with Crippen LogP contribution in [0, 0.1) is 0 Å². The zero-order chi connectivity index (χ0) is 13.0. The molecule has 0 unspecified atom stereocenters. The van der Waals surface area contributed by atoms with Gasteiger partial charge in [0.25, 0.3) is 0 Å². The number of hydrogen-bond donors (Lipinski definition) is 1. The van der Waals surface area contributed by atoms with E-state index in [0.29, 0.717) is 6.42 Å². The van der Waals surface area contributed by atoms with E-state index in [9.17, 15) is 0 Å². The van der Waals surface area contributed by atoms with Crippen LogP contribution in [-0.2, 0) is 6.42 Å². The van der Waals surface area contributed by atoms with E-state index in [1.807, 2.05) is 18.2 Å². The lowest BCUT2D eigenvalue weighted by atomic mass is 10.0. The van der Waals surface area contributed by atoms with Crippen LogP contribution in [0.3, 0.4) is 0 Å². The highest BCUT2D eigenvalue weighted by Crippen LogP contribution is 2.27. The molecule has 4 heteroatoms. The third kappa shape index (κ3) is 2.53. The number of anilines is 1. The van der Waals surface area contributed by atoms with E-state index in [1.54, 1.807) is 32.7 Å². The first kappa shape index (κ1) is 12.2. The summed E-state index contributed by atoms with van der Waals surface area (Å²) >= 11 is 0. The van der Waals surface area contributed by atoms with Gasteiger partial charge < -0.3 is 15.2 Å². The molecule has 1 aromatic heterocycles. The number of ether oxygens (including phenoxy) is 2. The maximum absolute atomic E-state index is 5.92. The quantitative estimate of drug-likeness (QED) is 0.896. The molecule has 0 saturated heterocycles. The summed E-state index contributed by atoms with van der Waals surface area (Å²) < 4.78 is 10.6. The second kappa shape index (κ2) is 5.40. The highest BCUT2D eigenvalue weighted by molar-refractivity contribution is 5.50. The van der Waals surface area contributed by atoms with E-state index in [2.05, 4.69) is 4.98 Å². The SMILES string of the molecule is COc1ccc(OC)c(Cc2cnccc2N)c1. The molecule has 1 heterocycles. The van der Waals surface area contributed by atoms with Crippen LogP contribution in [-0.4, -0.2) is 19.2 Å². The minimum absolute atomic E-state index is 0.667. The van der Waals surface area contributed by atoms with Crippen LogP contribution in [0.4, 0.5) is 5.69 Å². The van der Waals surface area contributed by atoms with Crippen molar-refractivity contribution >= 4 is 5.69 Å². The smallest absolute Gasteiger partial charge is 0.122 e. The maximum Gasteiger partial charge on any atom is 0.122 e. The lowest BCUT2D eigenvalue weighted by molar-refractivity contribution is 0.399. The molecule has 0 aliphatic rings. The van der Waals surface area contributed by atoms with Gasteiger partial charge in [0.05, 0.1) is 14.2 Å². The third-order valence-electron chi connectivity index (χ3n) is 2.81. The second-order valence-electron chi connectivity index (χ2n) is 3.93. The Balaban J connectivity index is 2.35. The number of benzene rings is 1. The van der Waals surface area contributed by atoms with Gasteiger partial charge in [-0.3, -0.25) is 4.98 Å². The number of rotatable bonds is 4. The van der Waals surface area contributed by atoms with Crippen molar-refractivity contribution in [2.24, 2.45) is 0 Å². The summed E-state index contributed by atoms with van der Waals surface area (Å²) in [6.07, 6.45) is 4.12. The Morgan fingerprint density at radius 3 is 2.61 bits per heavy atom. The van der Waals surface area contributed by atoms with Crippen LogP contribution in [0.1, 0.15) is 11.1 Å². The molecule has 2 aromatic rings. The van der Waals surface area contributed by atoms with Gasteiger partial charge in [-0.25, -0.2) is 0 Å². The highest BCUT2D eigenvalue weighted by atomic mass is 16.5. The summed E-state index contributed by atoms with van der Waals surface area (Å²) in [6, 6.07) is 7.50. The first-order valence-corrected chi connectivity index (χ1v) is 5.64. The molecule has 0 fully saturated rings. The van der Waals surface area contributed by atoms with Crippen LogP contribution in [0.25, 0.3) is 0 Å². The minimum Gasteiger partial charge on any atom is -0.497 e. The Hall–Kier alpha value is -2.23. The zero-order valence-electron chi connectivity index (χ0n) is 10.5. The van der Waals surface area contributed by atoms with Crippen molar-refractivity contribution in [3.05, 3.63) is 47.8 Å². The molecule has 0 aliphatic heterocycles. The predicted molar refractivity (Wildman–Crippen MR) is 71.0 cm³/mol. The lowest BCUT2D eigenvalue weighted by Crippen LogP contribution is -1.99. The molecule has 18 heavy (non-hydrogen) atoms. The normalized spacial score (nSPS) is 10.1. The van der Waals surface area contributed by atoms with Crippen molar-refractivity contribution in [2.75, 3.05) is 20.0 Å². The Morgan fingerprint density at radius 1 is 1.11 bits per heavy atom. The molecule has 0 amide bonds. The summed E-state index contributed by atoms with van der Waals surface area (Å²) in [4.78, 5) is 4.09. The average Bonchev–Trinajstić information content (AvgIpc) is 2.41. The van der Waals surface area contributed by atoms with E-state index in [-0.39, 0.29) is 0 Å². The topological polar surface area (TPSA) is 57.4 Å². The predicted octanol–water partition coefficient (Wildman–Crippen LogP) is 2.27. The first-order chi connectivity index (χ1) is 8.74. The number of nitrogens with zero attached hydrogens (tertiary/aromatic N) is 1. The molecule has 4 nitrogen and oxygen atoms in total. The Labute approximate surface area is 106 Å². The lowest BCUT2D eigenvalue weighted by Gasteiger charge is -2.11. The molecular formula is C14H16N2O2. The van der Waals surface area contributed by atoms with Gasteiger partial charge in [0, 0.05) is 30.1 Å². The van der Waals surface area contributed by atoms with Gasteiger partial charge in [-0.1, -0.05) is 0 Å². The number of nitrogens with two attached hydrogens (primary N) is 1. The monoisotopic (exact) mass is 244 g/mol. The number of hydrogen-bond acceptors (Lipinski definition) is 4. The second-order valence-corrected chi connectivity index (χ2v) is 3.93. The average molecular weight is 244 g/mol. The van der Waals surface area contributed by atoms with Crippen molar-refractivity contribution in [2.45, 2.75) is 6.42 Å². The summed E-state index contributed by atoms with van der Waals surface area (Å²) in [5.74, 6) is 1.62. The van der Waals surface area contributed by atoms with E-state index in [1.165, 1.54) is 0 Å². The van der Waals surface area contributed by atoms with Crippen molar-refractivity contribution in [1.82, 2.24) is 4.98 Å². The van der Waals surface area contributed by atoms with E-state index >= 15 is 0 Å². The van der Waals surface area contributed by atoms with E-state index in [4.69, 9.17) is 15.2 Å². The highest BCUT2D eigenvalue weighted by Gasteiger charge is 2.08. The van der Waals surface area contributed by atoms with Gasteiger partial charge >= 0.3 is 0 Å². The number of aromatic nitrogens is 1. The molecule has 2 N–H and O–H groups in total. The van der Waals surface area contributed by atoms with Gasteiger partial charge in [-0.2, -0.15) is 0 Å². The van der Waals surface area contributed by atoms with E-state index in [0.717, 1.165) is 28.3 Å². The molecule has 0 saturated carbocycles. The molecule has 1 aromatic carbocycles. The molecule has 0 aliphatic carbocycles. The molecule has 0 bridgehead atoms. The van der Waals surface area contributed by atoms with Gasteiger partial charge in [0.15, 0.2) is 0 Å². The van der Waals surface area contributed by atoms with Crippen LogP contribution < -0.4 is 15.2 Å². The molecule has 0 atom stereocenters. The summed E-state index contributed by atoms with van der Waals surface area (Å²) in [7, 11) is 3.29. The summed E-state index contributed by atoms with van der Waals surface area (Å²) in [5, 5.41) is 0. The van der Waals surface area contributed by atoms with Gasteiger partial charge in [0.2, 0.25) is 0 Å². The molecular weight excluding hydrogens is 228 g/mol. The fourth-order valence-electron chi connectivity index (χ4n) is 1.81. The first-order valence-electron chi connectivity index (χ1n) is 5.64. The largest absolute Gasteiger partial charge is 0.497 e. The number of methoxy groups -OCH3 is 2. The number of nitrogen functional groups attached to an aromatic ring is 1. The number of pyridine rings is 1.